The van der Waals surface area contributed by atoms with Gasteiger partial charge in [0.25, 0.3) is 0 Å². The molecule has 0 bridgehead atoms. The van der Waals surface area contributed by atoms with Crippen molar-refractivity contribution < 1.29 is 9.53 Å². The monoisotopic (exact) mass is 234 g/mol. The van der Waals surface area contributed by atoms with Crippen LogP contribution in [0.15, 0.2) is 23.0 Å². The Labute approximate surface area is 96.5 Å². The standard InChI is InChI=1S/C11H10N2O2S/c14-5-9-3-13-4-10(8-1-2-16-7-8)15-6-11(13)12-9/h1-3,5,7,10H,4,6H2/t10-/m0/s1. The summed E-state index contributed by atoms with van der Waals surface area (Å²) in [6.45, 7) is 1.20. The molecule has 0 unspecified atom stereocenters. The van der Waals surface area contributed by atoms with E-state index in [0.29, 0.717) is 12.3 Å². The number of nitrogens with zero attached hydrogens (tertiary/aromatic N) is 2. The van der Waals surface area contributed by atoms with E-state index in [1.54, 1.807) is 17.5 Å². The van der Waals surface area contributed by atoms with Crippen LogP contribution in [-0.4, -0.2) is 15.8 Å². The van der Waals surface area contributed by atoms with Gasteiger partial charge in [-0.3, -0.25) is 4.79 Å². The second-order valence-corrected chi connectivity index (χ2v) is 4.49. The Bertz CT molecular complexity index is 504. The number of hydrogen-bond acceptors (Lipinski definition) is 4. The maximum Gasteiger partial charge on any atom is 0.170 e. The number of hydrogen-bond donors (Lipinski definition) is 0. The molecule has 3 heterocycles. The molecule has 0 saturated heterocycles. The second kappa shape index (κ2) is 3.84. The van der Waals surface area contributed by atoms with Gasteiger partial charge in [0.1, 0.15) is 24.2 Å². The molecule has 1 aliphatic rings. The summed E-state index contributed by atoms with van der Waals surface area (Å²) in [6, 6.07) is 2.07. The zero-order valence-corrected chi connectivity index (χ0v) is 9.31. The average Bonchev–Trinajstić information content (AvgIpc) is 2.96. The minimum atomic E-state index is 0.0763. The number of carbonyl (C=O) groups excluding carboxylic acids is 1. The Morgan fingerprint density at radius 1 is 1.62 bits per heavy atom. The Morgan fingerprint density at radius 3 is 3.31 bits per heavy atom. The van der Waals surface area contributed by atoms with Gasteiger partial charge in [0.15, 0.2) is 6.29 Å². The van der Waals surface area contributed by atoms with E-state index in [1.807, 2.05) is 9.95 Å². The molecule has 0 aromatic carbocycles. The van der Waals surface area contributed by atoms with Crippen molar-refractivity contribution >= 4 is 17.6 Å². The van der Waals surface area contributed by atoms with Crippen LogP contribution in [-0.2, 0) is 17.9 Å². The van der Waals surface area contributed by atoms with Crippen LogP contribution in [0.5, 0.6) is 0 Å². The van der Waals surface area contributed by atoms with Gasteiger partial charge in [-0.05, 0) is 22.4 Å². The van der Waals surface area contributed by atoms with E-state index >= 15 is 0 Å². The molecule has 3 rings (SSSR count). The molecular formula is C11H10N2O2S. The van der Waals surface area contributed by atoms with E-state index in [0.717, 1.165) is 18.7 Å². The summed E-state index contributed by atoms with van der Waals surface area (Å²) in [4.78, 5) is 14.8. The summed E-state index contributed by atoms with van der Waals surface area (Å²) in [5, 5.41) is 4.13. The lowest BCUT2D eigenvalue weighted by molar-refractivity contribution is 0.000738. The van der Waals surface area contributed by atoms with Gasteiger partial charge in [-0.2, -0.15) is 11.3 Å². The van der Waals surface area contributed by atoms with Gasteiger partial charge in [-0.25, -0.2) is 4.98 Å². The molecule has 0 spiro atoms. The lowest BCUT2D eigenvalue weighted by Crippen LogP contribution is -2.20. The number of aldehydes is 1. The maximum absolute atomic E-state index is 10.6. The second-order valence-electron chi connectivity index (χ2n) is 3.71. The molecule has 0 radical (unpaired) electrons. The summed E-state index contributed by atoms with van der Waals surface area (Å²) >= 11 is 1.66. The molecule has 5 heteroatoms. The highest BCUT2D eigenvalue weighted by Gasteiger charge is 2.22. The van der Waals surface area contributed by atoms with Gasteiger partial charge in [0, 0.05) is 6.20 Å². The summed E-state index contributed by atoms with van der Waals surface area (Å²) in [5.41, 5.74) is 1.67. The third-order valence-electron chi connectivity index (χ3n) is 2.69. The van der Waals surface area contributed by atoms with E-state index in [-0.39, 0.29) is 6.10 Å². The summed E-state index contributed by atoms with van der Waals surface area (Å²) in [5.74, 6) is 0.827. The Hall–Kier alpha value is -1.46. The van der Waals surface area contributed by atoms with Crippen LogP contribution in [0.4, 0.5) is 0 Å². The fraction of sp³-hybridized carbons (Fsp3) is 0.273. The lowest BCUT2D eigenvalue weighted by atomic mass is 10.2. The zero-order valence-electron chi connectivity index (χ0n) is 8.50. The number of carbonyl (C=O) groups is 1. The predicted molar refractivity (Wildman–Crippen MR) is 59.5 cm³/mol. The molecule has 0 aliphatic carbocycles. The number of thiophene rings is 1. The first-order valence-corrected chi connectivity index (χ1v) is 5.96. The zero-order chi connectivity index (χ0) is 11.0. The van der Waals surface area contributed by atoms with Gasteiger partial charge in [0.2, 0.25) is 0 Å². The molecule has 0 fully saturated rings. The Balaban J connectivity index is 1.88. The van der Waals surface area contributed by atoms with Crippen LogP contribution in [0.3, 0.4) is 0 Å². The van der Waals surface area contributed by atoms with Crippen LogP contribution in [0, 0.1) is 0 Å². The summed E-state index contributed by atoms with van der Waals surface area (Å²) in [7, 11) is 0. The van der Waals surface area contributed by atoms with Crippen LogP contribution in [0.1, 0.15) is 28.0 Å². The number of fused-ring (bicyclic) bond motifs is 1. The molecule has 1 aliphatic heterocycles. The molecule has 16 heavy (non-hydrogen) atoms. The van der Waals surface area contributed by atoms with Gasteiger partial charge in [0.05, 0.1) is 6.54 Å². The van der Waals surface area contributed by atoms with Crippen LogP contribution >= 0.6 is 11.3 Å². The normalized spacial score (nSPS) is 19.4. The smallest absolute Gasteiger partial charge is 0.170 e. The van der Waals surface area contributed by atoms with Crippen molar-refractivity contribution in [1.29, 1.82) is 0 Å². The number of aromatic nitrogens is 2. The third-order valence-corrected chi connectivity index (χ3v) is 3.39. The van der Waals surface area contributed by atoms with E-state index in [1.165, 1.54) is 5.56 Å². The van der Waals surface area contributed by atoms with Gasteiger partial charge >= 0.3 is 0 Å². The van der Waals surface area contributed by atoms with Crippen LogP contribution < -0.4 is 0 Å². The largest absolute Gasteiger partial charge is 0.364 e. The third kappa shape index (κ3) is 1.58. The van der Waals surface area contributed by atoms with Crippen molar-refractivity contribution in [2.24, 2.45) is 0 Å². The molecule has 0 amide bonds. The van der Waals surface area contributed by atoms with E-state index in [9.17, 15) is 4.79 Å². The quantitative estimate of drug-likeness (QED) is 0.747. The molecule has 0 saturated carbocycles. The van der Waals surface area contributed by atoms with Crippen molar-refractivity contribution in [2.75, 3.05) is 0 Å². The van der Waals surface area contributed by atoms with Crippen molar-refractivity contribution in [2.45, 2.75) is 19.3 Å². The fourth-order valence-corrected chi connectivity index (χ4v) is 2.57. The highest BCUT2D eigenvalue weighted by Crippen LogP contribution is 2.27. The van der Waals surface area contributed by atoms with Crippen molar-refractivity contribution in [3.8, 4) is 0 Å². The van der Waals surface area contributed by atoms with Gasteiger partial charge < -0.3 is 9.30 Å². The highest BCUT2D eigenvalue weighted by atomic mass is 32.1. The predicted octanol–water partition coefficient (Wildman–Crippen LogP) is 2.03. The van der Waals surface area contributed by atoms with Gasteiger partial charge in [-0.15, -0.1) is 0 Å². The van der Waals surface area contributed by atoms with E-state index in [2.05, 4.69) is 16.4 Å². The minimum Gasteiger partial charge on any atom is -0.364 e. The summed E-state index contributed by atoms with van der Waals surface area (Å²) in [6.07, 6.45) is 2.63. The van der Waals surface area contributed by atoms with Crippen molar-refractivity contribution in [3.05, 3.63) is 40.1 Å². The SMILES string of the molecule is O=Cc1cn2c(n1)CO[C@H](c1ccsc1)C2. The topological polar surface area (TPSA) is 44.1 Å². The van der Waals surface area contributed by atoms with E-state index in [4.69, 9.17) is 4.74 Å². The van der Waals surface area contributed by atoms with Crippen molar-refractivity contribution in [1.82, 2.24) is 9.55 Å². The first kappa shape index (κ1) is 9.74. The Kier molecular flexibility index (Phi) is 2.34. The maximum atomic E-state index is 10.6. The van der Waals surface area contributed by atoms with Crippen LogP contribution in [0.25, 0.3) is 0 Å². The fourth-order valence-electron chi connectivity index (χ4n) is 1.87. The van der Waals surface area contributed by atoms with E-state index < -0.39 is 0 Å². The molecule has 2 aromatic rings. The van der Waals surface area contributed by atoms with Gasteiger partial charge in [-0.1, -0.05) is 0 Å². The molecule has 82 valence electrons. The first-order valence-electron chi connectivity index (χ1n) is 5.02. The minimum absolute atomic E-state index is 0.0763. The Morgan fingerprint density at radius 2 is 2.56 bits per heavy atom. The lowest BCUT2D eigenvalue weighted by Gasteiger charge is -2.23. The molecule has 1 atom stereocenters. The molecular weight excluding hydrogens is 224 g/mol. The average molecular weight is 234 g/mol. The number of rotatable bonds is 2. The number of ether oxygens (including phenoxy) is 1. The summed E-state index contributed by atoms with van der Waals surface area (Å²) < 4.78 is 7.71. The van der Waals surface area contributed by atoms with Crippen LogP contribution in [0.2, 0.25) is 0 Å². The van der Waals surface area contributed by atoms with Crippen molar-refractivity contribution in [3.63, 3.8) is 0 Å². The molecule has 4 nitrogen and oxygen atoms in total. The highest BCUT2D eigenvalue weighted by molar-refractivity contribution is 7.07. The first-order chi connectivity index (χ1) is 7.86. The molecule has 2 aromatic heterocycles. The number of imidazole rings is 1. The molecule has 0 N–H and O–H groups in total.